The summed E-state index contributed by atoms with van der Waals surface area (Å²) >= 11 is 5.95. The molecule has 0 bridgehead atoms. The minimum atomic E-state index is -3.59. The number of pyridine rings is 1. The number of nitrogens with zero attached hydrogens (tertiary/aromatic N) is 2. The van der Waals surface area contributed by atoms with E-state index < -0.39 is 10.0 Å². The highest BCUT2D eigenvalue weighted by Gasteiger charge is 2.33. The zero-order valence-corrected chi connectivity index (χ0v) is 13.1. The van der Waals surface area contributed by atoms with Gasteiger partial charge in [-0.15, -0.1) is 0 Å². The van der Waals surface area contributed by atoms with E-state index in [0.717, 1.165) is 12.8 Å². The number of hydrogen-bond acceptors (Lipinski definition) is 5. The van der Waals surface area contributed by atoms with Crippen molar-refractivity contribution in [3.63, 3.8) is 0 Å². The van der Waals surface area contributed by atoms with Gasteiger partial charge in [0.1, 0.15) is 4.90 Å². The van der Waals surface area contributed by atoms with Gasteiger partial charge in [0.25, 0.3) is 0 Å². The van der Waals surface area contributed by atoms with Crippen molar-refractivity contribution in [2.75, 3.05) is 12.0 Å². The lowest BCUT2D eigenvalue weighted by Crippen LogP contribution is -2.38. The molecule has 0 aromatic carbocycles. The molecule has 0 amide bonds. The van der Waals surface area contributed by atoms with Gasteiger partial charge in [-0.1, -0.05) is 11.6 Å². The van der Waals surface area contributed by atoms with Crippen molar-refractivity contribution < 1.29 is 8.42 Å². The fourth-order valence-electron chi connectivity index (χ4n) is 1.94. The third-order valence-corrected chi connectivity index (χ3v) is 5.57. The number of anilines is 1. The average molecular weight is 319 g/mol. The number of nitrogen functional groups attached to an aromatic ring is 1. The van der Waals surface area contributed by atoms with Crippen LogP contribution >= 0.6 is 11.6 Å². The maximum Gasteiger partial charge on any atom is 0.244 e. The molecule has 3 N–H and O–H groups in total. The normalized spacial score (nSPS) is 15.9. The third-order valence-electron chi connectivity index (χ3n) is 3.27. The maximum absolute atomic E-state index is 12.7. The van der Waals surface area contributed by atoms with Gasteiger partial charge in [-0.05, 0) is 38.7 Å². The Balaban J connectivity index is 2.33. The first-order chi connectivity index (χ1) is 9.36. The summed E-state index contributed by atoms with van der Waals surface area (Å²) in [6.45, 7) is 4.28. The molecule has 2 rings (SSSR count). The molecule has 8 heteroatoms. The van der Waals surface area contributed by atoms with Crippen molar-refractivity contribution in [1.29, 1.82) is 0 Å². The van der Waals surface area contributed by atoms with Crippen LogP contribution < -0.4 is 11.3 Å². The predicted octanol–water partition coefficient (Wildman–Crippen LogP) is 1.83. The van der Waals surface area contributed by atoms with Gasteiger partial charge in [-0.3, -0.25) is 0 Å². The molecule has 6 nitrogen and oxygen atoms in total. The van der Waals surface area contributed by atoms with Gasteiger partial charge in [0.2, 0.25) is 10.0 Å². The SMILES string of the molecule is CC(C)N(CC1CC1)S(=O)(=O)c1cnc(NN)c(Cl)c1. The summed E-state index contributed by atoms with van der Waals surface area (Å²) in [5, 5.41) is 0.184. The van der Waals surface area contributed by atoms with Crippen LogP contribution in [0.2, 0.25) is 5.02 Å². The molecule has 0 saturated heterocycles. The topological polar surface area (TPSA) is 88.3 Å². The molecule has 1 fully saturated rings. The molecule has 0 radical (unpaired) electrons. The van der Waals surface area contributed by atoms with Crippen LogP contribution in [0.3, 0.4) is 0 Å². The van der Waals surface area contributed by atoms with Crippen molar-refractivity contribution in [1.82, 2.24) is 9.29 Å². The molecule has 112 valence electrons. The summed E-state index contributed by atoms with van der Waals surface area (Å²) in [6, 6.07) is 1.27. The van der Waals surface area contributed by atoms with E-state index in [-0.39, 0.29) is 21.8 Å². The second kappa shape index (κ2) is 5.85. The summed E-state index contributed by atoms with van der Waals surface area (Å²) in [7, 11) is -3.59. The lowest BCUT2D eigenvalue weighted by atomic mass is 10.3. The number of rotatable bonds is 6. The minimum absolute atomic E-state index is 0.0934. The molecule has 0 aliphatic heterocycles. The number of nitrogens with two attached hydrogens (primary N) is 1. The molecule has 0 spiro atoms. The molecule has 1 heterocycles. The Morgan fingerprint density at radius 2 is 2.20 bits per heavy atom. The molecule has 1 saturated carbocycles. The number of nitrogens with one attached hydrogen (secondary N) is 1. The molecule has 0 atom stereocenters. The largest absolute Gasteiger partial charge is 0.307 e. The standard InChI is InChI=1S/C12H19ClN4O2S/c1-8(2)17(7-9-3-4-9)20(18,19)10-5-11(13)12(16-14)15-6-10/h5-6,8-9H,3-4,7,14H2,1-2H3,(H,15,16). The van der Waals surface area contributed by atoms with E-state index in [1.165, 1.54) is 16.6 Å². The molecule has 1 aliphatic rings. The smallest absolute Gasteiger partial charge is 0.244 e. The molecule has 1 aromatic rings. The fraction of sp³-hybridized carbons (Fsp3) is 0.583. The Morgan fingerprint density at radius 3 is 2.65 bits per heavy atom. The van der Waals surface area contributed by atoms with Crippen LogP contribution in [0.4, 0.5) is 5.82 Å². The number of aromatic nitrogens is 1. The van der Waals surface area contributed by atoms with Crippen molar-refractivity contribution in [2.45, 2.75) is 37.6 Å². The molecular formula is C12H19ClN4O2S. The van der Waals surface area contributed by atoms with Gasteiger partial charge in [0.15, 0.2) is 5.82 Å². The quantitative estimate of drug-likeness (QED) is 0.617. The Morgan fingerprint density at radius 1 is 1.55 bits per heavy atom. The van der Waals surface area contributed by atoms with Crippen molar-refractivity contribution in [3.05, 3.63) is 17.3 Å². The molecule has 1 aromatic heterocycles. The fourth-order valence-corrected chi connectivity index (χ4v) is 3.92. The van der Waals surface area contributed by atoms with Crippen LogP contribution in [-0.4, -0.2) is 30.3 Å². The zero-order chi connectivity index (χ0) is 14.9. The number of sulfonamides is 1. The number of hydrogen-bond donors (Lipinski definition) is 2. The Bertz CT molecular complexity index is 587. The Labute approximate surface area is 124 Å². The van der Waals surface area contributed by atoms with Gasteiger partial charge >= 0.3 is 0 Å². The first-order valence-electron chi connectivity index (χ1n) is 6.50. The highest BCUT2D eigenvalue weighted by Crippen LogP contribution is 2.33. The molecular weight excluding hydrogens is 300 g/mol. The Kier molecular flexibility index (Phi) is 4.53. The highest BCUT2D eigenvalue weighted by atomic mass is 35.5. The maximum atomic E-state index is 12.7. The van der Waals surface area contributed by atoms with Crippen LogP contribution in [0.5, 0.6) is 0 Å². The van der Waals surface area contributed by atoms with Crippen molar-refractivity contribution in [3.8, 4) is 0 Å². The lowest BCUT2D eigenvalue weighted by molar-refractivity contribution is 0.341. The zero-order valence-electron chi connectivity index (χ0n) is 11.5. The second-order valence-electron chi connectivity index (χ2n) is 5.26. The summed E-state index contributed by atoms with van der Waals surface area (Å²) < 4.78 is 26.8. The summed E-state index contributed by atoms with van der Waals surface area (Å²) in [4.78, 5) is 4.02. The number of halogens is 1. The van der Waals surface area contributed by atoms with Gasteiger partial charge in [0, 0.05) is 18.8 Å². The summed E-state index contributed by atoms with van der Waals surface area (Å²) in [5.41, 5.74) is 2.32. The van der Waals surface area contributed by atoms with Gasteiger partial charge < -0.3 is 5.43 Å². The average Bonchev–Trinajstić information content (AvgIpc) is 3.19. The van der Waals surface area contributed by atoms with E-state index in [9.17, 15) is 8.42 Å². The van der Waals surface area contributed by atoms with Crippen LogP contribution in [-0.2, 0) is 10.0 Å². The van der Waals surface area contributed by atoms with Gasteiger partial charge in [0.05, 0.1) is 5.02 Å². The van der Waals surface area contributed by atoms with E-state index in [2.05, 4.69) is 10.4 Å². The van der Waals surface area contributed by atoms with Crippen LogP contribution in [0.15, 0.2) is 17.2 Å². The first kappa shape index (κ1) is 15.5. The Hall–Kier alpha value is -0.890. The van der Waals surface area contributed by atoms with Crippen LogP contribution in [0.25, 0.3) is 0 Å². The van der Waals surface area contributed by atoms with E-state index in [1.807, 2.05) is 13.8 Å². The first-order valence-corrected chi connectivity index (χ1v) is 8.32. The third kappa shape index (κ3) is 3.22. The monoisotopic (exact) mass is 318 g/mol. The van der Waals surface area contributed by atoms with Gasteiger partial charge in [-0.2, -0.15) is 4.31 Å². The van der Waals surface area contributed by atoms with E-state index >= 15 is 0 Å². The van der Waals surface area contributed by atoms with E-state index in [0.29, 0.717) is 12.5 Å². The van der Waals surface area contributed by atoms with Gasteiger partial charge in [-0.25, -0.2) is 19.2 Å². The van der Waals surface area contributed by atoms with E-state index in [1.54, 1.807) is 0 Å². The number of hydrazine groups is 1. The summed E-state index contributed by atoms with van der Waals surface area (Å²) in [5.74, 6) is 5.96. The summed E-state index contributed by atoms with van der Waals surface area (Å²) in [6.07, 6.45) is 3.46. The highest BCUT2D eigenvalue weighted by molar-refractivity contribution is 7.89. The van der Waals surface area contributed by atoms with Crippen LogP contribution in [0.1, 0.15) is 26.7 Å². The molecule has 1 aliphatic carbocycles. The molecule has 0 unspecified atom stereocenters. The van der Waals surface area contributed by atoms with Crippen molar-refractivity contribution in [2.24, 2.45) is 11.8 Å². The predicted molar refractivity (Wildman–Crippen MR) is 78.8 cm³/mol. The van der Waals surface area contributed by atoms with E-state index in [4.69, 9.17) is 17.4 Å². The lowest BCUT2D eigenvalue weighted by Gasteiger charge is -2.26. The molecule has 20 heavy (non-hydrogen) atoms. The van der Waals surface area contributed by atoms with Crippen LogP contribution in [0, 0.1) is 5.92 Å². The van der Waals surface area contributed by atoms with Crippen molar-refractivity contribution >= 4 is 27.4 Å². The minimum Gasteiger partial charge on any atom is -0.307 e. The second-order valence-corrected chi connectivity index (χ2v) is 7.56.